The fraction of sp³-hybridized carbons (Fsp3) is 0.412. The van der Waals surface area contributed by atoms with Crippen LogP contribution in [0.4, 0.5) is 0 Å². The molecule has 4 atom stereocenters. The van der Waals surface area contributed by atoms with Crippen LogP contribution in [0.5, 0.6) is 0 Å². The number of carbonyl (C=O) groups is 3. The summed E-state index contributed by atoms with van der Waals surface area (Å²) in [7, 11) is 0. The number of carbonyl (C=O) groups excluding carboxylic acids is 3. The lowest BCUT2D eigenvalue weighted by Gasteiger charge is -2.21. The molecule has 5 rings (SSSR count). The molecule has 116 valence electrons. The van der Waals surface area contributed by atoms with Crippen molar-refractivity contribution in [3.63, 3.8) is 0 Å². The lowest BCUT2D eigenvalue weighted by atomic mass is 9.85. The highest BCUT2D eigenvalue weighted by molar-refractivity contribution is 6.09. The van der Waals surface area contributed by atoms with Crippen molar-refractivity contribution in [3.05, 3.63) is 42.2 Å². The molecule has 1 aromatic rings. The van der Waals surface area contributed by atoms with Crippen LogP contribution in [-0.4, -0.2) is 27.7 Å². The molecule has 6 heteroatoms. The molecule has 0 aromatic carbocycles. The number of amides is 3. The SMILES string of the molecule is O=C(NN1C(=O)[C@@H]2[C@H](C1=O)[C@@H]1C=C[C@H]2C12CC2)c1ccncc1. The summed E-state index contributed by atoms with van der Waals surface area (Å²) in [5, 5.41) is 0.945. The number of aromatic nitrogens is 1. The van der Waals surface area contributed by atoms with Crippen LogP contribution in [-0.2, 0) is 9.59 Å². The maximum absolute atomic E-state index is 12.7. The second-order valence-electron chi connectivity index (χ2n) is 6.91. The summed E-state index contributed by atoms with van der Waals surface area (Å²) in [5.41, 5.74) is 3.02. The summed E-state index contributed by atoms with van der Waals surface area (Å²) < 4.78 is 0. The highest BCUT2D eigenvalue weighted by atomic mass is 16.2. The largest absolute Gasteiger partial charge is 0.272 e. The zero-order chi connectivity index (χ0) is 15.8. The van der Waals surface area contributed by atoms with E-state index in [2.05, 4.69) is 22.6 Å². The summed E-state index contributed by atoms with van der Waals surface area (Å²) >= 11 is 0. The summed E-state index contributed by atoms with van der Waals surface area (Å²) in [5.74, 6) is -1.24. The molecule has 2 heterocycles. The first-order valence-corrected chi connectivity index (χ1v) is 7.91. The van der Waals surface area contributed by atoms with Gasteiger partial charge in [0, 0.05) is 18.0 Å². The van der Waals surface area contributed by atoms with Gasteiger partial charge in [0.1, 0.15) is 0 Å². The molecule has 1 N–H and O–H groups in total. The minimum atomic E-state index is -0.462. The molecule has 6 nitrogen and oxygen atoms in total. The molecule has 1 aliphatic heterocycles. The van der Waals surface area contributed by atoms with E-state index in [1.54, 1.807) is 12.1 Å². The predicted octanol–water partition coefficient (Wildman–Crippen LogP) is 0.924. The lowest BCUT2D eigenvalue weighted by molar-refractivity contribution is -0.144. The zero-order valence-corrected chi connectivity index (χ0v) is 12.3. The van der Waals surface area contributed by atoms with Gasteiger partial charge in [-0.2, -0.15) is 5.01 Å². The maximum Gasteiger partial charge on any atom is 0.270 e. The van der Waals surface area contributed by atoms with E-state index in [-0.39, 0.29) is 40.9 Å². The van der Waals surface area contributed by atoms with E-state index in [9.17, 15) is 14.4 Å². The van der Waals surface area contributed by atoms with Gasteiger partial charge in [-0.1, -0.05) is 12.2 Å². The van der Waals surface area contributed by atoms with E-state index in [1.807, 2.05) is 0 Å². The van der Waals surface area contributed by atoms with Crippen LogP contribution in [0.3, 0.4) is 0 Å². The van der Waals surface area contributed by atoms with Gasteiger partial charge in [0.25, 0.3) is 17.7 Å². The molecule has 1 saturated heterocycles. The van der Waals surface area contributed by atoms with Crippen molar-refractivity contribution in [2.24, 2.45) is 29.1 Å². The molecule has 0 radical (unpaired) electrons. The van der Waals surface area contributed by atoms with Gasteiger partial charge >= 0.3 is 0 Å². The van der Waals surface area contributed by atoms with Gasteiger partial charge in [-0.15, -0.1) is 0 Å². The van der Waals surface area contributed by atoms with Gasteiger partial charge in [0.2, 0.25) is 0 Å². The molecule has 3 fully saturated rings. The van der Waals surface area contributed by atoms with Crippen LogP contribution in [0.1, 0.15) is 23.2 Å². The quantitative estimate of drug-likeness (QED) is 0.651. The Morgan fingerprint density at radius 3 is 2.17 bits per heavy atom. The lowest BCUT2D eigenvalue weighted by Crippen LogP contribution is -2.47. The monoisotopic (exact) mass is 309 g/mol. The Hall–Kier alpha value is -2.50. The van der Waals surface area contributed by atoms with Gasteiger partial charge in [-0.25, -0.2) is 0 Å². The van der Waals surface area contributed by atoms with E-state index in [1.165, 1.54) is 12.4 Å². The van der Waals surface area contributed by atoms with Crippen molar-refractivity contribution < 1.29 is 14.4 Å². The molecule has 3 amide bonds. The van der Waals surface area contributed by atoms with Crippen LogP contribution < -0.4 is 5.43 Å². The van der Waals surface area contributed by atoms with Crippen molar-refractivity contribution in [1.82, 2.24) is 15.4 Å². The highest BCUT2D eigenvalue weighted by Gasteiger charge is 2.73. The second-order valence-corrected chi connectivity index (χ2v) is 6.91. The van der Waals surface area contributed by atoms with Gasteiger partial charge < -0.3 is 0 Å². The number of pyridine rings is 1. The summed E-state index contributed by atoms with van der Waals surface area (Å²) in [4.78, 5) is 41.5. The van der Waals surface area contributed by atoms with E-state index < -0.39 is 5.91 Å². The first kappa shape index (κ1) is 13.0. The van der Waals surface area contributed by atoms with Gasteiger partial charge in [-0.3, -0.25) is 24.8 Å². The number of hydrogen-bond acceptors (Lipinski definition) is 4. The molecule has 1 spiro atoms. The molecule has 2 bridgehead atoms. The Kier molecular flexibility index (Phi) is 2.30. The third-order valence-corrected chi connectivity index (χ3v) is 6.01. The molecule has 2 saturated carbocycles. The summed E-state index contributed by atoms with van der Waals surface area (Å²) in [6.45, 7) is 0. The summed E-state index contributed by atoms with van der Waals surface area (Å²) in [6, 6.07) is 3.09. The van der Waals surface area contributed by atoms with Crippen molar-refractivity contribution in [1.29, 1.82) is 0 Å². The molecule has 23 heavy (non-hydrogen) atoms. The molecule has 4 aliphatic rings. The first-order chi connectivity index (χ1) is 11.1. The summed E-state index contributed by atoms with van der Waals surface area (Å²) in [6.07, 6.45) is 9.42. The minimum Gasteiger partial charge on any atom is -0.272 e. The average molecular weight is 309 g/mol. The number of imide groups is 1. The fourth-order valence-electron chi connectivity index (χ4n) is 4.86. The maximum atomic E-state index is 12.7. The minimum absolute atomic E-state index is 0.164. The number of fused-ring (bicyclic) bond motifs is 3. The third-order valence-electron chi connectivity index (χ3n) is 6.01. The van der Waals surface area contributed by atoms with Crippen LogP contribution >= 0.6 is 0 Å². The number of rotatable bonds is 2. The van der Waals surface area contributed by atoms with Crippen molar-refractivity contribution in [3.8, 4) is 0 Å². The number of allylic oxidation sites excluding steroid dienone is 2. The Morgan fingerprint density at radius 1 is 1.09 bits per heavy atom. The van der Waals surface area contributed by atoms with E-state index in [4.69, 9.17) is 0 Å². The molecule has 1 aromatic heterocycles. The van der Waals surface area contributed by atoms with Crippen molar-refractivity contribution in [2.75, 3.05) is 0 Å². The van der Waals surface area contributed by atoms with Crippen LogP contribution in [0.25, 0.3) is 0 Å². The van der Waals surface area contributed by atoms with E-state index in [0.29, 0.717) is 5.56 Å². The van der Waals surface area contributed by atoms with Gasteiger partial charge in [0.15, 0.2) is 0 Å². The predicted molar refractivity (Wildman–Crippen MR) is 78.3 cm³/mol. The second kappa shape index (κ2) is 4.07. The average Bonchev–Trinajstić information content (AvgIpc) is 3.18. The standard InChI is InChI=1S/C17H15N3O3/c21-14(9-3-7-18-8-4-9)19-20-15(22)12-10-1-2-11(13(12)16(20)23)17(10)5-6-17/h1-4,7-8,10-13H,5-6H2,(H,19,21)/t10-,11+,12+,13-. The number of nitrogens with zero attached hydrogens (tertiary/aromatic N) is 2. The molecular weight excluding hydrogens is 294 g/mol. The Balaban J connectivity index is 1.42. The van der Waals surface area contributed by atoms with Crippen LogP contribution in [0.15, 0.2) is 36.7 Å². The number of hydrogen-bond donors (Lipinski definition) is 1. The number of hydrazine groups is 1. The van der Waals surface area contributed by atoms with E-state index in [0.717, 1.165) is 17.9 Å². The molecular formula is C17H15N3O3. The number of nitrogens with one attached hydrogen (secondary N) is 1. The normalized spacial score (nSPS) is 35.0. The highest BCUT2D eigenvalue weighted by Crippen LogP contribution is 2.73. The van der Waals surface area contributed by atoms with Crippen molar-refractivity contribution >= 4 is 17.7 Å². The first-order valence-electron chi connectivity index (χ1n) is 7.91. The van der Waals surface area contributed by atoms with E-state index >= 15 is 0 Å². The fourth-order valence-corrected chi connectivity index (χ4v) is 4.86. The molecule has 3 aliphatic carbocycles. The zero-order valence-electron chi connectivity index (χ0n) is 12.3. The van der Waals surface area contributed by atoms with Crippen LogP contribution in [0, 0.1) is 29.1 Å². The van der Waals surface area contributed by atoms with Gasteiger partial charge in [-0.05, 0) is 42.2 Å². The Morgan fingerprint density at radius 2 is 1.65 bits per heavy atom. The Bertz CT molecular complexity index is 735. The van der Waals surface area contributed by atoms with Gasteiger partial charge in [0.05, 0.1) is 11.8 Å². The third kappa shape index (κ3) is 1.48. The van der Waals surface area contributed by atoms with Crippen molar-refractivity contribution in [2.45, 2.75) is 12.8 Å². The smallest absolute Gasteiger partial charge is 0.270 e. The molecule has 0 unspecified atom stereocenters. The topological polar surface area (TPSA) is 79.4 Å². The Labute approximate surface area is 132 Å². The van der Waals surface area contributed by atoms with Crippen LogP contribution in [0.2, 0.25) is 0 Å².